The zero-order chi connectivity index (χ0) is 18.7. The van der Waals surface area contributed by atoms with Crippen molar-refractivity contribution in [2.45, 2.75) is 13.0 Å². The summed E-state index contributed by atoms with van der Waals surface area (Å²) in [6.07, 6.45) is -0.151. The van der Waals surface area contributed by atoms with Gasteiger partial charge in [0.1, 0.15) is 11.9 Å². The van der Waals surface area contributed by atoms with Gasteiger partial charge in [-0.2, -0.15) is 0 Å². The van der Waals surface area contributed by atoms with Crippen LogP contribution in [0.25, 0.3) is 0 Å². The van der Waals surface area contributed by atoms with Gasteiger partial charge in [-0.05, 0) is 37.3 Å². The minimum absolute atomic E-state index is 0.120. The maximum Gasteiger partial charge on any atom is 0.253 e. The molecule has 5 nitrogen and oxygen atoms in total. The fourth-order valence-corrected chi connectivity index (χ4v) is 3.18. The number of carbonyl (C=O) groups is 1. The Morgan fingerprint density at radius 2 is 2.12 bits per heavy atom. The number of ether oxygens (including phenoxy) is 2. The molecule has 26 heavy (non-hydrogen) atoms. The van der Waals surface area contributed by atoms with Gasteiger partial charge in [0.2, 0.25) is 0 Å². The van der Waals surface area contributed by atoms with Crippen LogP contribution in [0.3, 0.4) is 0 Å². The maximum atomic E-state index is 13.9. The molecule has 0 N–H and O–H groups in total. The summed E-state index contributed by atoms with van der Waals surface area (Å²) >= 11 is 0. The molecule has 1 atom stereocenters. The zero-order valence-corrected chi connectivity index (χ0v) is 15.2. The molecule has 0 aliphatic carbocycles. The van der Waals surface area contributed by atoms with Gasteiger partial charge < -0.3 is 19.3 Å². The summed E-state index contributed by atoms with van der Waals surface area (Å²) in [7, 11) is 3.09. The number of amides is 1. The molecule has 138 valence electrons. The molecule has 3 rings (SSSR count). The number of hydrogen-bond acceptors (Lipinski definition) is 4. The summed E-state index contributed by atoms with van der Waals surface area (Å²) in [5.74, 6) is 0.140. The molecule has 1 heterocycles. The number of halogens is 1. The number of rotatable bonds is 5. The molecule has 0 aromatic heterocycles. The van der Waals surface area contributed by atoms with Crippen LogP contribution < -0.4 is 14.4 Å². The average molecular weight is 358 g/mol. The second-order valence-corrected chi connectivity index (χ2v) is 6.28. The van der Waals surface area contributed by atoms with Crippen molar-refractivity contribution in [2.24, 2.45) is 0 Å². The second-order valence-electron chi connectivity index (χ2n) is 6.28. The standard InChI is InChI=1S/C20H23FN2O3/c1-4-23-13-15(26-19-8-6-5-7-17(19)23)12-22(2)20(24)14-9-10-18(25-3)16(21)11-14/h5-11,15H,4,12-13H2,1-3H3/t15-/m0/s1. The molecule has 0 bridgehead atoms. The Balaban J connectivity index is 1.71. The molecule has 2 aromatic carbocycles. The van der Waals surface area contributed by atoms with Gasteiger partial charge >= 0.3 is 0 Å². The number of para-hydroxylation sites is 2. The van der Waals surface area contributed by atoms with Crippen molar-refractivity contribution in [1.29, 1.82) is 0 Å². The zero-order valence-electron chi connectivity index (χ0n) is 15.2. The Labute approximate surface area is 152 Å². The van der Waals surface area contributed by atoms with Crippen LogP contribution in [0.2, 0.25) is 0 Å². The molecule has 0 radical (unpaired) electrons. The monoisotopic (exact) mass is 358 g/mol. The van der Waals surface area contributed by atoms with Crippen LogP contribution in [0.4, 0.5) is 10.1 Å². The molecule has 0 unspecified atom stereocenters. The molecule has 1 aliphatic heterocycles. The molecule has 0 saturated carbocycles. The third kappa shape index (κ3) is 3.59. The highest BCUT2D eigenvalue weighted by Crippen LogP contribution is 2.33. The molecule has 6 heteroatoms. The third-order valence-corrected chi connectivity index (χ3v) is 4.53. The van der Waals surface area contributed by atoms with Gasteiger partial charge in [-0.15, -0.1) is 0 Å². The first-order valence-electron chi connectivity index (χ1n) is 8.63. The number of fused-ring (bicyclic) bond motifs is 1. The van der Waals surface area contributed by atoms with E-state index in [1.807, 2.05) is 24.3 Å². The van der Waals surface area contributed by atoms with Crippen molar-refractivity contribution >= 4 is 11.6 Å². The Bertz CT molecular complexity index is 796. The van der Waals surface area contributed by atoms with Crippen LogP contribution in [-0.4, -0.2) is 50.7 Å². The van der Waals surface area contributed by atoms with Crippen LogP contribution in [0, 0.1) is 5.82 Å². The molecule has 2 aromatic rings. The number of hydrogen-bond donors (Lipinski definition) is 0. The first kappa shape index (κ1) is 18.0. The minimum Gasteiger partial charge on any atom is -0.494 e. The summed E-state index contributed by atoms with van der Waals surface area (Å²) in [6.45, 7) is 4.06. The van der Waals surface area contributed by atoms with E-state index in [1.165, 1.54) is 19.2 Å². The first-order chi connectivity index (χ1) is 12.5. The van der Waals surface area contributed by atoms with Crippen LogP contribution in [-0.2, 0) is 0 Å². The largest absolute Gasteiger partial charge is 0.494 e. The summed E-state index contributed by atoms with van der Waals surface area (Å²) in [5, 5.41) is 0. The van der Waals surface area contributed by atoms with Crippen LogP contribution in [0.15, 0.2) is 42.5 Å². The Morgan fingerprint density at radius 1 is 1.35 bits per heavy atom. The third-order valence-electron chi connectivity index (χ3n) is 4.53. The van der Waals surface area contributed by atoms with Crippen LogP contribution >= 0.6 is 0 Å². The lowest BCUT2D eigenvalue weighted by Gasteiger charge is -2.37. The van der Waals surface area contributed by atoms with E-state index in [2.05, 4.69) is 11.8 Å². The van der Waals surface area contributed by atoms with Crippen LogP contribution in [0.5, 0.6) is 11.5 Å². The topological polar surface area (TPSA) is 42.0 Å². The van der Waals surface area contributed by atoms with Crippen molar-refractivity contribution < 1.29 is 18.7 Å². The number of benzene rings is 2. The molecule has 0 saturated heterocycles. The molecule has 0 fully saturated rings. The molecule has 1 amide bonds. The fraction of sp³-hybridized carbons (Fsp3) is 0.350. The van der Waals surface area contributed by atoms with Gasteiger partial charge in [0.25, 0.3) is 5.91 Å². The first-order valence-corrected chi connectivity index (χ1v) is 8.63. The highest BCUT2D eigenvalue weighted by Gasteiger charge is 2.27. The van der Waals surface area contributed by atoms with E-state index in [9.17, 15) is 9.18 Å². The van der Waals surface area contributed by atoms with Crippen molar-refractivity contribution in [3.63, 3.8) is 0 Å². The summed E-state index contributed by atoms with van der Waals surface area (Å²) in [6, 6.07) is 12.1. The summed E-state index contributed by atoms with van der Waals surface area (Å²) in [4.78, 5) is 16.4. The van der Waals surface area contributed by atoms with E-state index in [1.54, 1.807) is 18.0 Å². The lowest BCUT2D eigenvalue weighted by molar-refractivity contribution is 0.0709. The molecule has 0 spiro atoms. The van der Waals surface area contributed by atoms with Gasteiger partial charge in [0.15, 0.2) is 11.6 Å². The molecular formula is C20H23FN2O3. The van der Waals surface area contributed by atoms with Crippen molar-refractivity contribution in [3.8, 4) is 11.5 Å². The predicted octanol–water partition coefficient (Wildman–Crippen LogP) is 3.19. The molecule has 1 aliphatic rings. The van der Waals surface area contributed by atoms with E-state index < -0.39 is 5.82 Å². The maximum absolute atomic E-state index is 13.9. The van der Waals surface area contributed by atoms with Crippen LogP contribution in [0.1, 0.15) is 17.3 Å². The fourth-order valence-electron chi connectivity index (χ4n) is 3.18. The Kier molecular flexibility index (Phi) is 5.30. The Morgan fingerprint density at radius 3 is 2.81 bits per heavy atom. The minimum atomic E-state index is -0.549. The highest BCUT2D eigenvalue weighted by molar-refractivity contribution is 5.94. The summed E-state index contributed by atoms with van der Waals surface area (Å²) in [5.41, 5.74) is 1.35. The van der Waals surface area contributed by atoms with E-state index in [0.717, 1.165) is 18.0 Å². The predicted molar refractivity (Wildman–Crippen MR) is 98.7 cm³/mol. The van der Waals surface area contributed by atoms with Gasteiger partial charge in [0.05, 0.1) is 25.9 Å². The van der Waals surface area contributed by atoms with E-state index in [-0.39, 0.29) is 23.3 Å². The SMILES string of the molecule is CCN1C[C@H](CN(C)C(=O)c2ccc(OC)c(F)c2)Oc2ccccc21. The van der Waals surface area contributed by atoms with Gasteiger partial charge in [-0.25, -0.2) is 4.39 Å². The lowest BCUT2D eigenvalue weighted by atomic mass is 10.1. The van der Waals surface area contributed by atoms with Crippen molar-refractivity contribution in [2.75, 3.05) is 38.7 Å². The van der Waals surface area contributed by atoms with Gasteiger partial charge in [-0.1, -0.05) is 12.1 Å². The van der Waals surface area contributed by atoms with E-state index >= 15 is 0 Å². The second kappa shape index (κ2) is 7.64. The van der Waals surface area contributed by atoms with Gasteiger partial charge in [0, 0.05) is 19.2 Å². The lowest BCUT2D eigenvalue weighted by Crippen LogP contribution is -2.46. The summed E-state index contributed by atoms with van der Waals surface area (Å²) < 4.78 is 24.8. The Hall–Kier alpha value is -2.76. The molecular weight excluding hydrogens is 335 g/mol. The van der Waals surface area contributed by atoms with Crippen molar-refractivity contribution in [1.82, 2.24) is 4.90 Å². The number of methoxy groups -OCH3 is 1. The smallest absolute Gasteiger partial charge is 0.253 e. The number of likely N-dealkylation sites (N-methyl/N-ethyl adjacent to an activating group) is 2. The number of nitrogens with zero attached hydrogens (tertiary/aromatic N) is 2. The van der Waals surface area contributed by atoms with Crippen molar-refractivity contribution in [3.05, 3.63) is 53.8 Å². The normalized spacial score (nSPS) is 15.8. The highest BCUT2D eigenvalue weighted by atomic mass is 19.1. The number of anilines is 1. The van der Waals surface area contributed by atoms with E-state index in [0.29, 0.717) is 13.1 Å². The average Bonchev–Trinajstić information content (AvgIpc) is 2.66. The quantitative estimate of drug-likeness (QED) is 0.823. The number of carbonyl (C=O) groups excluding carboxylic acids is 1. The van der Waals surface area contributed by atoms with E-state index in [4.69, 9.17) is 9.47 Å². The van der Waals surface area contributed by atoms with Gasteiger partial charge in [-0.3, -0.25) is 4.79 Å².